The lowest BCUT2D eigenvalue weighted by atomic mass is 10.0. The van der Waals surface area contributed by atoms with E-state index in [1.165, 1.54) is 16.7 Å². The molecule has 0 radical (unpaired) electrons. The van der Waals surface area contributed by atoms with Gasteiger partial charge in [-0.05, 0) is 22.8 Å². The first kappa shape index (κ1) is 13.6. The van der Waals surface area contributed by atoms with Gasteiger partial charge in [0, 0.05) is 18.9 Å². The van der Waals surface area contributed by atoms with Crippen LogP contribution in [0.4, 0.5) is 0 Å². The highest BCUT2D eigenvalue weighted by Gasteiger charge is 2.04. The standard InChI is InChI=1S/C18H18N2O/c1-21-11-10-20-14-18(13-19-20)17-9-5-8-16(12-17)15-6-3-2-4-7-15/h2-9,12-14H,10-11H2,1H3. The molecule has 3 aromatic rings. The maximum absolute atomic E-state index is 5.08. The van der Waals surface area contributed by atoms with E-state index in [1.54, 1.807) is 7.11 Å². The fourth-order valence-corrected chi connectivity index (χ4v) is 2.33. The van der Waals surface area contributed by atoms with Crippen LogP contribution < -0.4 is 0 Å². The number of hydrogen-bond donors (Lipinski definition) is 0. The maximum Gasteiger partial charge on any atom is 0.0658 e. The van der Waals surface area contributed by atoms with E-state index < -0.39 is 0 Å². The van der Waals surface area contributed by atoms with Gasteiger partial charge in [0.1, 0.15) is 0 Å². The largest absolute Gasteiger partial charge is 0.383 e. The van der Waals surface area contributed by atoms with Crippen LogP contribution in [0.5, 0.6) is 0 Å². The van der Waals surface area contributed by atoms with Gasteiger partial charge in [-0.1, -0.05) is 48.5 Å². The minimum atomic E-state index is 0.672. The number of aromatic nitrogens is 2. The molecule has 0 atom stereocenters. The highest BCUT2D eigenvalue weighted by atomic mass is 16.5. The van der Waals surface area contributed by atoms with Crippen molar-refractivity contribution in [1.82, 2.24) is 9.78 Å². The molecule has 106 valence electrons. The van der Waals surface area contributed by atoms with E-state index in [4.69, 9.17) is 4.74 Å². The molecule has 2 aromatic carbocycles. The highest BCUT2D eigenvalue weighted by molar-refractivity contribution is 5.72. The second-order valence-corrected chi connectivity index (χ2v) is 4.93. The van der Waals surface area contributed by atoms with Crippen molar-refractivity contribution in [3.8, 4) is 22.3 Å². The molecular formula is C18H18N2O. The summed E-state index contributed by atoms with van der Waals surface area (Å²) < 4.78 is 6.99. The third kappa shape index (κ3) is 3.20. The molecule has 0 aliphatic rings. The van der Waals surface area contributed by atoms with E-state index in [-0.39, 0.29) is 0 Å². The Kier molecular flexibility index (Phi) is 4.12. The van der Waals surface area contributed by atoms with Gasteiger partial charge in [0.05, 0.1) is 19.3 Å². The molecule has 1 heterocycles. The number of nitrogens with zero attached hydrogens (tertiary/aromatic N) is 2. The summed E-state index contributed by atoms with van der Waals surface area (Å²) in [5.41, 5.74) is 4.76. The van der Waals surface area contributed by atoms with E-state index in [0.29, 0.717) is 6.61 Å². The van der Waals surface area contributed by atoms with Crippen LogP contribution in [0.1, 0.15) is 0 Å². The zero-order valence-electron chi connectivity index (χ0n) is 12.1. The Labute approximate surface area is 124 Å². The van der Waals surface area contributed by atoms with E-state index in [0.717, 1.165) is 12.1 Å². The van der Waals surface area contributed by atoms with Gasteiger partial charge >= 0.3 is 0 Å². The van der Waals surface area contributed by atoms with Gasteiger partial charge in [0.25, 0.3) is 0 Å². The average molecular weight is 278 g/mol. The van der Waals surface area contributed by atoms with E-state index in [1.807, 2.05) is 16.9 Å². The van der Waals surface area contributed by atoms with Crippen molar-refractivity contribution < 1.29 is 4.74 Å². The molecule has 0 spiro atoms. The molecule has 1 aromatic heterocycles. The molecule has 0 N–H and O–H groups in total. The summed E-state index contributed by atoms with van der Waals surface area (Å²) in [6.45, 7) is 1.44. The topological polar surface area (TPSA) is 27.1 Å². The average Bonchev–Trinajstić information content (AvgIpc) is 3.03. The van der Waals surface area contributed by atoms with Crippen molar-refractivity contribution in [3.63, 3.8) is 0 Å². The summed E-state index contributed by atoms with van der Waals surface area (Å²) in [6, 6.07) is 18.9. The van der Waals surface area contributed by atoms with Crippen molar-refractivity contribution in [3.05, 3.63) is 67.0 Å². The van der Waals surface area contributed by atoms with Gasteiger partial charge < -0.3 is 4.74 Å². The second kappa shape index (κ2) is 6.37. The number of methoxy groups -OCH3 is 1. The van der Waals surface area contributed by atoms with Crippen molar-refractivity contribution in [1.29, 1.82) is 0 Å². The minimum Gasteiger partial charge on any atom is -0.383 e. The second-order valence-electron chi connectivity index (χ2n) is 4.93. The zero-order chi connectivity index (χ0) is 14.5. The fourth-order valence-electron chi connectivity index (χ4n) is 2.33. The van der Waals surface area contributed by atoms with Crippen LogP contribution in [0.2, 0.25) is 0 Å². The smallest absolute Gasteiger partial charge is 0.0658 e. The number of hydrogen-bond acceptors (Lipinski definition) is 2. The predicted octanol–water partition coefficient (Wildman–Crippen LogP) is 3.86. The van der Waals surface area contributed by atoms with E-state index in [9.17, 15) is 0 Å². The lowest BCUT2D eigenvalue weighted by Gasteiger charge is -2.04. The van der Waals surface area contributed by atoms with Crippen LogP contribution in [-0.2, 0) is 11.3 Å². The molecule has 0 saturated heterocycles. The molecule has 0 amide bonds. The van der Waals surface area contributed by atoms with Crippen LogP contribution in [0.3, 0.4) is 0 Å². The van der Waals surface area contributed by atoms with Gasteiger partial charge in [-0.15, -0.1) is 0 Å². The zero-order valence-corrected chi connectivity index (χ0v) is 12.1. The molecule has 0 bridgehead atoms. The van der Waals surface area contributed by atoms with Gasteiger partial charge in [0.2, 0.25) is 0 Å². The normalized spacial score (nSPS) is 10.7. The van der Waals surface area contributed by atoms with Gasteiger partial charge in [-0.2, -0.15) is 5.10 Å². The Morgan fingerprint density at radius 2 is 1.62 bits per heavy atom. The molecule has 0 aliphatic heterocycles. The van der Waals surface area contributed by atoms with Crippen LogP contribution in [0.25, 0.3) is 22.3 Å². The first-order valence-electron chi connectivity index (χ1n) is 7.04. The summed E-state index contributed by atoms with van der Waals surface area (Å²) >= 11 is 0. The number of benzene rings is 2. The SMILES string of the molecule is COCCn1cc(-c2cccc(-c3ccccc3)c2)cn1. The third-order valence-corrected chi connectivity index (χ3v) is 3.46. The Hall–Kier alpha value is -2.39. The molecule has 0 saturated carbocycles. The fraction of sp³-hybridized carbons (Fsp3) is 0.167. The Bertz CT molecular complexity index is 704. The predicted molar refractivity (Wildman–Crippen MR) is 85.0 cm³/mol. The minimum absolute atomic E-state index is 0.672. The first-order chi connectivity index (χ1) is 10.4. The molecule has 3 heteroatoms. The van der Waals surface area contributed by atoms with Crippen molar-refractivity contribution in [2.24, 2.45) is 0 Å². The Morgan fingerprint density at radius 1 is 0.905 bits per heavy atom. The van der Waals surface area contributed by atoms with Crippen LogP contribution >= 0.6 is 0 Å². The van der Waals surface area contributed by atoms with Gasteiger partial charge in [0.15, 0.2) is 0 Å². The lowest BCUT2D eigenvalue weighted by Crippen LogP contribution is -2.03. The van der Waals surface area contributed by atoms with E-state index >= 15 is 0 Å². The molecule has 21 heavy (non-hydrogen) atoms. The summed E-state index contributed by atoms with van der Waals surface area (Å²) in [4.78, 5) is 0. The van der Waals surface area contributed by atoms with E-state index in [2.05, 4.69) is 59.8 Å². The lowest BCUT2D eigenvalue weighted by molar-refractivity contribution is 0.183. The van der Waals surface area contributed by atoms with Crippen LogP contribution in [0.15, 0.2) is 67.0 Å². The third-order valence-electron chi connectivity index (χ3n) is 3.46. The molecule has 3 rings (SSSR count). The molecule has 0 fully saturated rings. The highest BCUT2D eigenvalue weighted by Crippen LogP contribution is 2.25. The Balaban J connectivity index is 1.88. The van der Waals surface area contributed by atoms with Gasteiger partial charge in [-0.3, -0.25) is 4.68 Å². The summed E-state index contributed by atoms with van der Waals surface area (Å²) in [5, 5.41) is 4.37. The monoisotopic (exact) mass is 278 g/mol. The van der Waals surface area contributed by atoms with Crippen LogP contribution in [0, 0.1) is 0 Å². The maximum atomic E-state index is 5.08. The van der Waals surface area contributed by atoms with Gasteiger partial charge in [-0.25, -0.2) is 0 Å². The quantitative estimate of drug-likeness (QED) is 0.708. The van der Waals surface area contributed by atoms with Crippen LogP contribution in [-0.4, -0.2) is 23.5 Å². The summed E-state index contributed by atoms with van der Waals surface area (Å²) in [5.74, 6) is 0. The molecule has 3 nitrogen and oxygen atoms in total. The summed E-state index contributed by atoms with van der Waals surface area (Å²) in [7, 11) is 1.70. The summed E-state index contributed by atoms with van der Waals surface area (Å²) in [6.07, 6.45) is 3.96. The molecule has 0 unspecified atom stereocenters. The number of rotatable bonds is 5. The number of ether oxygens (including phenoxy) is 1. The Morgan fingerprint density at radius 3 is 2.38 bits per heavy atom. The molecule has 0 aliphatic carbocycles. The first-order valence-corrected chi connectivity index (χ1v) is 7.04. The van der Waals surface area contributed by atoms with Crippen molar-refractivity contribution in [2.45, 2.75) is 6.54 Å². The van der Waals surface area contributed by atoms with Crippen molar-refractivity contribution >= 4 is 0 Å². The molecular weight excluding hydrogens is 260 g/mol. The van der Waals surface area contributed by atoms with Crippen molar-refractivity contribution in [2.75, 3.05) is 13.7 Å².